The Labute approximate surface area is 53.7 Å². The van der Waals surface area contributed by atoms with Crippen LogP contribution in [0.2, 0.25) is 0 Å². The van der Waals surface area contributed by atoms with Gasteiger partial charge in [0.15, 0.2) is 0 Å². The molecule has 0 nitrogen and oxygen atoms in total. The standard InChI is InChI=1S/C6H11Br/c1-4-5(2)6(3)7/h4,6H,1-3H3/b5-4+. The molecular formula is C6H11Br. The van der Waals surface area contributed by atoms with Crippen molar-refractivity contribution in [1.82, 2.24) is 0 Å². The van der Waals surface area contributed by atoms with Gasteiger partial charge in [0.25, 0.3) is 0 Å². The lowest BCUT2D eigenvalue weighted by Gasteiger charge is -1.98. The number of hydrogen-bond donors (Lipinski definition) is 0. The van der Waals surface area contributed by atoms with Gasteiger partial charge >= 0.3 is 0 Å². The van der Waals surface area contributed by atoms with Gasteiger partial charge in [-0.1, -0.05) is 27.6 Å². The van der Waals surface area contributed by atoms with E-state index in [1.165, 1.54) is 5.57 Å². The monoisotopic (exact) mass is 162 g/mol. The number of alkyl halides is 1. The van der Waals surface area contributed by atoms with Crippen LogP contribution in [0.1, 0.15) is 20.8 Å². The van der Waals surface area contributed by atoms with Crippen molar-refractivity contribution < 1.29 is 0 Å². The van der Waals surface area contributed by atoms with Crippen LogP contribution in [0.4, 0.5) is 0 Å². The summed E-state index contributed by atoms with van der Waals surface area (Å²) in [6.07, 6.45) is 2.11. The molecule has 0 spiro atoms. The summed E-state index contributed by atoms with van der Waals surface area (Å²) in [5.41, 5.74) is 1.39. The van der Waals surface area contributed by atoms with Crippen LogP contribution in [0.5, 0.6) is 0 Å². The third-order valence-corrected chi connectivity index (χ3v) is 1.80. The van der Waals surface area contributed by atoms with Crippen molar-refractivity contribution in [3.8, 4) is 0 Å². The second-order valence-electron chi connectivity index (χ2n) is 1.65. The molecule has 0 aliphatic rings. The van der Waals surface area contributed by atoms with Crippen LogP contribution < -0.4 is 0 Å². The van der Waals surface area contributed by atoms with Crippen LogP contribution in [0.15, 0.2) is 11.6 Å². The first kappa shape index (κ1) is 7.22. The van der Waals surface area contributed by atoms with Crippen molar-refractivity contribution in [3.63, 3.8) is 0 Å². The highest BCUT2D eigenvalue weighted by Crippen LogP contribution is 2.08. The van der Waals surface area contributed by atoms with Crippen molar-refractivity contribution in [2.24, 2.45) is 0 Å². The molecular weight excluding hydrogens is 152 g/mol. The van der Waals surface area contributed by atoms with Crippen LogP contribution in [-0.2, 0) is 0 Å². The summed E-state index contributed by atoms with van der Waals surface area (Å²) in [6, 6.07) is 0. The lowest BCUT2D eigenvalue weighted by molar-refractivity contribution is 1.13. The van der Waals surface area contributed by atoms with Gasteiger partial charge in [0.1, 0.15) is 0 Å². The fourth-order valence-electron chi connectivity index (χ4n) is 0.230. The van der Waals surface area contributed by atoms with E-state index in [1.807, 2.05) is 6.92 Å². The summed E-state index contributed by atoms with van der Waals surface area (Å²) >= 11 is 3.43. The minimum Gasteiger partial charge on any atom is -0.0876 e. The molecule has 0 radical (unpaired) electrons. The van der Waals surface area contributed by atoms with Crippen LogP contribution in [0.25, 0.3) is 0 Å². The van der Waals surface area contributed by atoms with Gasteiger partial charge in [-0.3, -0.25) is 0 Å². The highest BCUT2D eigenvalue weighted by molar-refractivity contribution is 9.09. The van der Waals surface area contributed by atoms with Crippen molar-refractivity contribution in [3.05, 3.63) is 11.6 Å². The largest absolute Gasteiger partial charge is 0.0876 e. The summed E-state index contributed by atoms with van der Waals surface area (Å²) in [6.45, 7) is 6.28. The first-order valence-electron chi connectivity index (χ1n) is 2.45. The van der Waals surface area contributed by atoms with Gasteiger partial charge in [-0.2, -0.15) is 0 Å². The van der Waals surface area contributed by atoms with E-state index in [-0.39, 0.29) is 0 Å². The maximum atomic E-state index is 3.43. The smallest absolute Gasteiger partial charge is 0.0323 e. The average Bonchev–Trinajstić information content (AvgIpc) is 1.65. The van der Waals surface area contributed by atoms with Crippen LogP contribution in [-0.4, -0.2) is 4.83 Å². The van der Waals surface area contributed by atoms with Crippen molar-refractivity contribution in [2.45, 2.75) is 25.6 Å². The molecule has 0 amide bonds. The molecule has 1 atom stereocenters. The molecule has 0 rings (SSSR count). The highest BCUT2D eigenvalue weighted by atomic mass is 79.9. The third-order valence-electron chi connectivity index (χ3n) is 1.08. The molecule has 42 valence electrons. The molecule has 0 aromatic carbocycles. The molecule has 7 heavy (non-hydrogen) atoms. The third kappa shape index (κ3) is 2.86. The Hall–Kier alpha value is 0.220. The molecule has 0 N–H and O–H groups in total. The summed E-state index contributed by atoms with van der Waals surface area (Å²) in [7, 11) is 0. The van der Waals surface area contributed by atoms with E-state index in [0.717, 1.165) is 0 Å². The van der Waals surface area contributed by atoms with E-state index >= 15 is 0 Å². The molecule has 0 aliphatic carbocycles. The van der Waals surface area contributed by atoms with Gasteiger partial charge in [0.05, 0.1) is 0 Å². The first-order chi connectivity index (χ1) is 3.18. The number of allylic oxidation sites excluding steroid dienone is 2. The predicted octanol–water partition coefficient (Wildman–Crippen LogP) is 2.74. The van der Waals surface area contributed by atoms with Crippen molar-refractivity contribution in [2.75, 3.05) is 0 Å². The zero-order valence-electron chi connectivity index (χ0n) is 5.03. The fourth-order valence-corrected chi connectivity index (χ4v) is 0.494. The molecule has 0 heterocycles. The summed E-state index contributed by atoms with van der Waals surface area (Å²) in [5, 5.41) is 0. The predicted molar refractivity (Wildman–Crippen MR) is 37.8 cm³/mol. The first-order valence-corrected chi connectivity index (χ1v) is 3.37. The van der Waals surface area contributed by atoms with E-state index in [2.05, 4.69) is 35.9 Å². The lowest BCUT2D eigenvalue weighted by Crippen LogP contribution is -1.88. The molecule has 0 aliphatic heterocycles. The number of rotatable bonds is 1. The molecule has 0 saturated carbocycles. The Kier molecular flexibility index (Phi) is 3.35. The average molecular weight is 163 g/mol. The molecule has 0 aromatic heterocycles. The minimum absolute atomic E-state index is 0.539. The van der Waals surface area contributed by atoms with Crippen LogP contribution in [0.3, 0.4) is 0 Å². The Bertz CT molecular complexity index is 72.2. The molecule has 1 heteroatoms. The zero-order chi connectivity index (χ0) is 5.86. The SMILES string of the molecule is C/C=C(\C)C(C)Br. The van der Waals surface area contributed by atoms with Gasteiger partial charge in [-0.15, -0.1) is 0 Å². The van der Waals surface area contributed by atoms with Crippen LogP contribution in [0, 0.1) is 0 Å². The Balaban J connectivity index is 3.56. The van der Waals surface area contributed by atoms with Gasteiger partial charge in [-0.05, 0) is 20.8 Å². The summed E-state index contributed by atoms with van der Waals surface area (Å²) in [5.74, 6) is 0. The van der Waals surface area contributed by atoms with Crippen LogP contribution >= 0.6 is 15.9 Å². The maximum absolute atomic E-state index is 3.43. The van der Waals surface area contributed by atoms with Crippen molar-refractivity contribution in [1.29, 1.82) is 0 Å². The molecule has 1 unspecified atom stereocenters. The molecule has 0 saturated heterocycles. The van der Waals surface area contributed by atoms with E-state index < -0.39 is 0 Å². The second-order valence-corrected chi connectivity index (χ2v) is 3.02. The summed E-state index contributed by atoms with van der Waals surface area (Å²) < 4.78 is 0. The second kappa shape index (κ2) is 3.25. The maximum Gasteiger partial charge on any atom is 0.0323 e. The van der Waals surface area contributed by atoms with Gasteiger partial charge in [-0.25, -0.2) is 0 Å². The normalized spacial score (nSPS) is 16.9. The van der Waals surface area contributed by atoms with Gasteiger partial charge in [0, 0.05) is 4.83 Å². The zero-order valence-corrected chi connectivity index (χ0v) is 6.62. The Morgan fingerprint density at radius 1 is 1.71 bits per heavy atom. The van der Waals surface area contributed by atoms with E-state index in [1.54, 1.807) is 0 Å². The van der Waals surface area contributed by atoms with E-state index in [4.69, 9.17) is 0 Å². The molecule has 0 aromatic rings. The van der Waals surface area contributed by atoms with E-state index in [0.29, 0.717) is 4.83 Å². The van der Waals surface area contributed by atoms with Gasteiger partial charge in [0.2, 0.25) is 0 Å². The fraction of sp³-hybridized carbons (Fsp3) is 0.667. The summed E-state index contributed by atoms with van der Waals surface area (Å²) in [4.78, 5) is 0.539. The van der Waals surface area contributed by atoms with Gasteiger partial charge < -0.3 is 0 Å². The molecule has 0 bridgehead atoms. The lowest BCUT2D eigenvalue weighted by atomic mass is 10.2. The number of hydrogen-bond acceptors (Lipinski definition) is 0. The topological polar surface area (TPSA) is 0 Å². The highest BCUT2D eigenvalue weighted by Gasteiger charge is 1.92. The van der Waals surface area contributed by atoms with E-state index in [9.17, 15) is 0 Å². The minimum atomic E-state index is 0.539. The quantitative estimate of drug-likeness (QED) is 0.411. The Morgan fingerprint density at radius 3 is 2.14 bits per heavy atom. The number of halogens is 1. The Morgan fingerprint density at radius 2 is 2.14 bits per heavy atom. The molecule has 0 fully saturated rings. The van der Waals surface area contributed by atoms with Crippen molar-refractivity contribution >= 4 is 15.9 Å².